The zero-order valence-corrected chi connectivity index (χ0v) is 6.64. The van der Waals surface area contributed by atoms with E-state index >= 15 is 0 Å². The number of nitrogen functional groups attached to an aromatic ring is 1. The number of anilines is 1. The van der Waals surface area contributed by atoms with E-state index in [2.05, 4.69) is 20.5 Å². The lowest BCUT2D eigenvalue weighted by atomic mass is 10.5. The van der Waals surface area contributed by atoms with Crippen LogP contribution in [0.4, 0.5) is 5.82 Å². The summed E-state index contributed by atoms with van der Waals surface area (Å²) in [5, 5.41) is 0. The first-order valence-corrected chi connectivity index (χ1v) is 3.86. The maximum atomic E-state index is 5.60. The van der Waals surface area contributed by atoms with Crippen molar-refractivity contribution in [3.8, 4) is 0 Å². The molecule has 0 aliphatic carbocycles. The maximum absolute atomic E-state index is 5.60. The van der Waals surface area contributed by atoms with Crippen LogP contribution in [-0.4, -0.2) is 15.0 Å². The first-order valence-electron chi connectivity index (χ1n) is 3.04. The summed E-state index contributed by atoms with van der Waals surface area (Å²) >= 11 is 1.34. The molecule has 0 aliphatic heterocycles. The van der Waals surface area contributed by atoms with Crippen molar-refractivity contribution in [3.63, 3.8) is 0 Å². The van der Waals surface area contributed by atoms with E-state index in [0.717, 1.165) is 4.70 Å². The van der Waals surface area contributed by atoms with Crippen LogP contribution in [0.5, 0.6) is 0 Å². The summed E-state index contributed by atoms with van der Waals surface area (Å²) in [6, 6.07) is 0. The van der Waals surface area contributed by atoms with Gasteiger partial charge in [0.05, 0.1) is 0 Å². The fourth-order valence-corrected chi connectivity index (χ4v) is 1.41. The number of hydrogen-bond donors (Lipinski definition) is 1. The van der Waals surface area contributed by atoms with Crippen LogP contribution >= 0.6 is 11.3 Å². The maximum Gasteiger partial charge on any atom is 0.176 e. The largest absolute Gasteiger partial charge is 0.382 e. The van der Waals surface area contributed by atoms with Gasteiger partial charge < -0.3 is 5.73 Å². The van der Waals surface area contributed by atoms with Gasteiger partial charge in [0.25, 0.3) is 0 Å². The van der Waals surface area contributed by atoms with E-state index in [1.807, 2.05) is 0 Å². The Labute approximate surface area is 67.1 Å². The third-order valence-corrected chi connectivity index (χ3v) is 2.06. The summed E-state index contributed by atoms with van der Waals surface area (Å²) in [5.74, 6) is 1.14. The molecule has 4 nitrogen and oxygen atoms in total. The topological polar surface area (TPSA) is 64.7 Å². The van der Waals surface area contributed by atoms with Crippen molar-refractivity contribution in [1.29, 1.82) is 0 Å². The molecule has 0 amide bonds. The van der Waals surface area contributed by atoms with Gasteiger partial charge in [0.1, 0.15) is 16.3 Å². The SMILES string of the molecule is Cc1nc(N)c2s[c]nc2n1. The van der Waals surface area contributed by atoms with Gasteiger partial charge in [0, 0.05) is 0 Å². The molecule has 1 radical (unpaired) electrons. The van der Waals surface area contributed by atoms with Crippen molar-refractivity contribution < 1.29 is 0 Å². The van der Waals surface area contributed by atoms with Gasteiger partial charge in [-0.05, 0) is 6.92 Å². The second-order valence-electron chi connectivity index (χ2n) is 2.11. The fraction of sp³-hybridized carbons (Fsp3) is 0.167. The third-order valence-electron chi connectivity index (χ3n) is 1.28. The van der Waals surface area contributed by atoms with Crippen LogP contribution in [-0.2, 0) is 0 Å². The Morgan fingerprint density at radius 3 is 3.09 bits per heavy atom. The van der Waals surface area contributed by atoms with Crippen molar-refractivity contribution in [2.75, 3.05) is 5.73 Å². The summed E-state index contributed by atoms with van der Waals surface area (Å²) in [6.07, 6.45) is 0. The molecular formula is C6H5N4S. The lowest BCUT2D eigenvalue weighted by Gasteiger charge is -1.93. The second-order valence-corrected chi connectivity index (χ2v) is 2.91. The predicted octanol–water partition coefficient (Wildman–Crippen LogP) is 0.777. The number of aromatic nitrogens is 3. The van der Waals surface area contributed by atoms with Crippen LogP contribution in [0.15, 0.2) is 0 Å². The summed E-state index contributed by atoms with van der Waals surface area (Å²) in [7, 11) is 0. The molecule has 2 heterocycles. The lowest BCUT2D eigenvalue weighted by molar-refractivity contribution is 1.09. The molecule has 0 aliphatic rings. The van der Waals surface area contributed by atoms with Gasteiger partial charge in [-0.2, -0.15) is 0 Å². The highest BCUT2D eigenvalue weighted by Gasteiger charge is 2.03. The fourth-order valence-electron chi connectivity index (χ4n) is 0.854. The number of rotatable bonds is 0. The first kappa shape index (κ1) is 6.48. The Bertz CT molecular complexity index is 394. The first-order chi connectivity index (χ1) is 5.27. The number of fused-ring (bicyclic) bond motifs is 1. The van der Waals surface area contributed by atoms with Crippen molar-refractivity contribution in [2.24, 2.45) is 0 Å². The normalized spacial score (nSPS) is 10.6. The molecule has 0 atom stereocenters. The molecule has 2 aromatic rings. The zero-order chi connectivity index (χ0) is 7.84. The van der Waals surface area contributed by atoms with E-state index in [1.165, 1.54) is 11.3 Å². The molecule has 11 heavy (non-hydrogen) atoms. The highest BCUT2D eigenvalue weighted by Crippen LogP contribution is 2.19. The van der Waals surface area contributed by atoms with Crippen LogP contribution in [0.3, 0.4) is 0 Å². The van der Waals surface area contributed by atoms with Crippen molar-refractivity contribution in [1.82, 2.24) is 15.0 Å². The van der Waals surface area contributed by atoms with Gasteiger partial charge in [-0.3, -0.25) is 0 Å². The molecule has 2 N–H and O–H groups in total. The molecule has 0 fully saturated rings. The molecular weight excluding hydrogens is 160 g/mol. The van der Waals surface area contributed by atoms with E-state index in [9.17, 15) is 0 Å². The van der Waals surface area contributed by atoms with Gasteiger partial charge in [-0.15, -0.1) is 11.3 Å². The average Bonchev–Trinajstić information content (AvgIpc) is 2.34. The Morgan fingerprint density at radius 1 is 1.45 bits per heavy atom. The standard InChI is InChI=1S/C6H5N4S/c1-3-9-5(7)4-6(10-3)8-2-11-4/h1H3,(H2,7,9,10). The van der Waals surface area contributed by atoms with Crippen molar-refractivity contribution >= 4 is 27.5 Å². The van der Waals surface area contributed by atoms with Crippen LogP contribution in [0.25, 0.3) is 10.3 Å². The predicted molar refractivity (Wildman–Crippen MR) is 43.2 cm³/mol. The third kappa shape index (κ3) is 0.932. The van der Waals surface area contributed by atoms with Crippen LogP contribution < -0.4 is 5.73 Å². The smallest absolute Gasteiger partial charge is 0.176 e. The van der Waals surface area contributed by atoms with E-state index in [-0.39, 0.29) is 0 Å². The Kier molecular flexibility index (Phi) is 1.25. The highest BCUT2D eigenvalue weighted by molar-refractivity contribution is 7.16. The Balaban J connectivity index is 2.91. The van der Waals surface area contributed by atoms with E-state index < -0.39 is 0 Å². The average molecular weight is 165 g/mol. The van der Waals surface area contributed by atoms with Gasteiger partial charge in [-0.25, -0.2) is 15.0 Å². The zero-order valence-electron chi connectivity index (χ0n) is 5.83. The number of nitrogens with zero attached hydrogens (tertiary/aromatic N) is 3. The number of aryl methyl sites for hydroxylation is 1. The summed E-state index contributed by atoms with van der Waals surface area (Å²) < 4.78 is 0.815. The van der Waals surface area contributed by atoms with Crippen molar-refractivity contribution in [2.45, 2.75) is 6.92 Å². The molecule has 0 bridgehead atoms. The van der Waals surface area contributed by atoms with Gasteiger partial charge in [0.15, 0.2) is 11.2 Å². The van der Waals surface area contributed by atoms with Gasteiger partial charge in [0.2, 0.25) is 0 Å². The Hall–Kier alpha value is -1.23. The minimum atomic E-state index is 0.492. The molecule has 0 saturated carbocycles. The number of hydrogen-bond acceptors (Lipinski definition) is 5. The van der Waals surface area contributed by atoms with E-state index in [0.29, 0.717) is 17.3 Å². The number of thiazole rings is 1. The van der Waals surface area contributed by atoms with Gasteiger partial charge >= 0.3 is 0 Å². The molecule has 0 spiro atoms. The van der Waals surface area contributed by atoms with Crippen molar-refractivity contribution in [3.05, 3.63) is 11.3 Å². The molecule has 2 aromatic heterocycles. The lowest BCUT2D eigenvalue weighted by Crippen LogP contribution is -1.95. The van der Waals surface area contributed by atoms with Crippen LogP contribution in [0.1, 0.15) is 5.82 Å². The molecule has 0 saturated heterocycles. The minimum absolute atomic E-state index is 0.492. The van der Waals surface area contributed by atoms with E-state index in [1.54, 1.807) is 6.92 Å². The van der Waals surface area contributed by atoms with Crippen LogP contribution in [0.2, 0.25) is 0 Å². The van der Waals surface area contributed by atoms with Gasteiger partial charge in [-0.1, -0.05) is 0 Å². The molecule has 0 unspecified atom stereocenters. The van der Waals surface area contributed by atoms with E-state index in [4.69, 9.17) is 5.73 Å². The molecule has 55 valence electrons. The minimum Gasteiger partial charge on any atom is -0.382 e. The monoisotopic (exact) mass is 165 g/mol. The molecule has 5 heteroatoms. The quantitative estimate of drug-likeness (QED) is 0.626. The summed E-state index contributed by atoms with van der Waals surface area (Å²) in [6.45, 7) is 1.79. The summed E-state index contributed by atoms with van der Waals surface area (Å²) in [5.41, 5.74) is 8.95. The Morgan fingerprint density at radius 2 is 2.27 bits per heavy atom. The molecule has 0 aromatic carbocycles. The number of nitrogens with two attached hydrogens (primary N) is 1. The second kappa shape index (κ2) is 2.13. The van der Waals surface area contributed by atoms with Crippen LogP contribution in [0, 0.1) is 12.4 Å². The summed E-state index contributed by atoms with van der Waals surface area (Å²) in [4.78, 5) is 12.0. The highest BCUT2D eigenvalue weighted by atomic mass is 32.1. The molecule has 2 rings (SSSR count).